The zero-order valence-corrected chi connectivity index (χ0v) is 27.0. The number of aromatic hydroxyl groups is 1. The maximum atomic E-state index is 16.2. The fourth-order valence-corrected chi connectivity index (χ4v) is 8.11. The average molecular weight is 684 g/mol. The number of thiophene rings is 2. The number of aryl methyl sites for hydroxylation is 3. The largest absolute Gasteiger partial charge is 0.748 e. The van der Waals surface area contributed by atoms with Gasteiger partial charge in [-0.05, 0) is 66.9 Å². The predicted molar refractivity (Wildman–Crippen MR) is 163 cm³/mol. The number of nitrogens with zero attached hydrogens (tertiary/aromatic N) is 1. The molecule has 0 aliphatic heterocycles. The van der Waals surface area contributed by atoms with Gasteiger partial charge in [-0.15, -0.1) is 22.7 Å². The first kappa shape index (κ1) is 33.2. The van der Waals surface area contributed by atoms with E-state index in [1.807, 2.05) is 0 Å². The lowest BCUT2D eigenvalue weighted by Crippen LogP contribution is -2.56. The number of pyridine rings is 1. The Morgan fingerprint density at radius 1 is 0.844 bits per heavy atom. The van der Waals surface area contributed by atoms with Gasteiger partial charge in [-0.25, -0.2) is 13.0 Å². The molecule has 0 radical (unpaired) electrons. The maximum absolute atomic E-state index is 16.2. The van der Waals surface area contributed by atoms with Crippen molar-refractivity contribution in [2.75, 3.05) is 20.0 Å². The summed E-state index contributed by atoms with van der Waals surface area (Å²) in [5.41, 5.74) is -0.00173. The van der Waals surface area contributed by atoms with E-state index in [1.54, 1.807) is 61.1 Å². The number of aromatic nitrogens is 1. The minimum absolute atomic E-state index is 0.0239. The summed E-state index contributed by atoms with van der Waals surface area (Å²) >= 11 is 2.38. The maximum Gasteiger partial charge on any atom is 0.371 e. The second-order valence-electron chi connectivity index (χ2n) is 10.6. The van der Waals surface area contributed by atoms with Crippen molar-refractivity contribution >= 4 is 43.9 Å². The summed E-state index contributed by atoms with van der Waals surface area (Å²) in [7, 11) is -2.51. The molecule has 0 fully saturated rings. The summed E-state index contributed by atoms with van der Waals surface area (Å²) < 4.78 is 109. The smallest absolute Gasteiger partial charge is 0.371 e. The van der Waals surface area contributed by atoms with Gasteiger partial charge >= 0.3 is 11.8 Å². The molecule has 0 saturated carbocycles. The second-order valence-corrected chi connectivity index (χ2v) is 14.6. The van der Waals surface area contributed by atoms with Crippen LogP contribution in [-0.2, 0) is 26.1 Å². The number of ether oxygens (including phenoxy) is 2. The quantitative estimate of drug-likeness (QED) is 0.0848. The molecule has 0 amide bonds. The standard InChI is InChI=1S/C31H29F4NO6S3/c1-18-23(16-25(43-18)20-6-8-22(37)9-7-20)27-28(30(41-3,42-4)31(34,35)29(27,32)33)24-17-26(44-19(24)2)21-10-13-36(14-11-21)12-5-15-45(38,39)40/h6-11,13-14,16-17H,5,12,15H2,1-4H3,(H-,37,38,39,40). The first-order valence-corrected chi connectivity index (χ1v) is 16.8. The number of hydrogen-bond donors (Lipinski definition) is 1. The fraction of sp³-hybridized carbons (Fsp3) is 0.323. The Morgan fingerprint density at radius 2 is 1.33 bits per heavy atom. The Hall–Kier alpha value is -3.14. The Morgan fingerprint density at radius 3 is 1.82 bits per heavy atom. The molecule has 0 unspecified atom stereocenters. The monoisotopic (exact) mass is 683 g/mol. The molecule has 240 valence electrons. The first-order valence-electron chi connectivity index (χ1n) is 13.6. The van der Waals surface area contributed by atoms with Gasteiger partial charge in [0.15, 0.2) is 12.4 Å². The van der Waals surface area contributed by atoms with E-state index in [0.29, 0.717) is 30.6 Å². The molecule has 5 rings (SSSR count). The van der Waals surface area contributed by atoms with Crippen molar-refractivity contribution < 1.29 is 49.7 Å². The highest BCUT2D eigenvalue weighted by atomic mass is 32.2. The Kier molecular flexibility index (Phi) is 8.79. The average Bonchev–Trinajstić information content (AvgIpc) is 3.58. The second kappa shape index (κ2) is 11.9. The molecule has 14 heteroatoms. The lowest BCUT2D eigenvalue weighted by atomic mass is 9.93. The molecule has 1 aliphatic carbocycles. The molecule has 0 saturated heterocycles. The van der Waals surface area contributed by atoms with E-state index >= 15 is 17.6 Å². The minimum Gasteiger partial charge on any atom is -0.748 e. The summed E-state index contributed by atoms with van der Waals surface area (Å²) in [5, 5.41) is 9.67. The molecule has 45 heavy (non-hydrogen) atoms. The summed E-state index contributed by atoms with van der Waals surface area (Å²) in [6.45, 7) is 3.51. The van der Waals surface area contributed by atoms with E-state index in [0.717, 1.165) is 25.6 Å². The van der Waals surface area contributed by atoms with Crippen LogP contribution in [0.15, 0.2) is 60.9 Å². The van der Waals surface area contributed by atoms with Crippen molar-refractivity contribution in [2.24, 2.45) is 0 Å². The topological polar surface area (TPSA) is 99.8 Å². The number of hydrogen-bond acceptors (Lipinski definition) is 8. The van der Waals surface area contributed by atoms with Crippen LogP contribution in [0.4, 0.5) is 17.6 Å². The van der Waals surface area contributed by atoms with Gasteiger partial charge in [-0.3, -0.25) is 0 Å². The van der Waals surface area contributed by atoms with E-state index in [9.17, 15) is 18.1 Å². The number of rotatable bonds is 10. The predicted octanol–water partition coefficient (Wildman–Crippen LogP) is 6.87. The van der Waals surface area contributed by atoms with E-state index in [1.165, 1.54) is 29.5 Å². The third kappa shape index (κ3) is 5.72. The summed E-state index contributed by atoms with van der Waals surface area (Å²) in [5.74, 6) is -13.1. The number of methoxy groups -OCH3 is 2. The SMILES string of the molecule is COC1(OC)C(c2cc(-c3cc[n+](CCCS(=O)(=O)[O-])cc3)sc2C)=C(c2cc(-c3ccc(O)cc3)sc2C)C(F)(F)C1(F)F. The van der Waals surface area contributed by atoms with Crippen LogP contribution in [0, 0.1) is 13.8 Å². The van der Waals surface area contributed by atoms with Crippen LogP contribution in [0.1, 0.15) is 27.3 Å². The van der Waals surface area contributed by atoms with Gasteiger partial charge in [0.1, 0.15) is 12.3 Å². The Balaban J connectivity index is 1.65. The molecule has 1 aromatic carbocycles. The van der Waals surface area contributed by atoms with E-state index in [2.05, 4.69) is 0 Å². The zero-order valence-electron chi connectivity index (χ0n) is 24.6. The summed E-state index contributed by atoms with van der Waals surface area (Å²) in [6, 6.07) is 12.6. The van der Waals surface area contributed by atoms with Crippen molar-refractivity contribution in [1.82, 2.24) is 0 Å². The van der Waals surface area contributed by atoms with Crippen LogP contribution in [-0.4, -0.2) is 55.7 Å². The van der Waals surface area contributed by atoms with E-state index in [-0.39, 0.29) is 29.8 Å². The molecular weight excluding hydrogens is 655 g/mol. The fourth-order valence-electron chi connectivity index (χ4n) is 5.57. The van der Waals surface area contributed by atoms with Crippen LogP contribution in [0.2, 0.25) is 0 Å². The molecule has 3 heterocycles. The molecule has 1 N–H and O–H groups in total. The number of allylic oxidation sites excluding steroid dienone is 1. The van der Waals surface area contributed by atoms with Crippen LogP contribution in [0.5, 0.6) is 5.75 Å². The van der Waals surface area contributed by atoms with Crippen LogP contribution in [0.25, 0.3) is 32.0 Å². The van der Waals surface area contributed by atoms with Gasteiger partial charge < -0.3 is 19.1 Å². The Bertz CT molecular complexity index is 1860. The van der Waals surface area contributed by atoms with Gasteiger partial charge in [0.2, 0.25) is 0 Å². The number of halogens is 4. The summed E-state index contributed by atoms with van der Waals surface area (Å²) in [4.78, 5) is 2.02. The highest BCUT2D eigenvalue weighted by Gasteiger charge is 2.79. The van der Waals surface area contributed by atoms with Crippen molar-refractivity contribution in [2.45, 2.75) is 44.4 Å². The first-order chi connectivity index (χ1) is 21.1. The van der Waals surface area contributed by atoms with Crippen molar-refractivity contribution in [1.29, 1.82) is 0 Å². The third-order valence-electron chi connectivity index (χ3n) is 7.79. The molecule has 0 spiro atoms. The van der Waals surface area contributed by atoms with Gasteiger partial charge in [-0.1, -0.05) is 0 Å². The highest BCUT2D eigenvalue weighted by Crippen LogP contribution is 2.65. The minimum atomic E-state index is -4.79. The zero-order chi connectivity index (χ0) is 32.9. The van der Waals surface area contributed by atoms with Crippen LogP contribution >= 0.6 is 22.7 Å². The normalized spacial score (nSPS) is 17.3. The number of phenols is 1. The Labute approximate surface area is 265 Å². The molecular formula is C31H29F4NO6S3. The van der Waals surface area contributed by atoms with Crippen molar-refractivity contribution in [3.8, 4) is 26.6 Å². The van der Waals surface area contributed by atoms with Gasteiger partial charge in [0.25, 0.3) is 5.79 Å². The van der Waals surface area contributed by atoms with E-state index in [4.69, 9.17) is 9.47 Å². The molecule has 0 bridgehead atoms. The van der Waals surface area contributed by atoms with Crippen molar-refractivity contribution in [3.63, 3.8) is 0 Å². The molecule has 7 nitrogen and oxygen atoms in total. The van der Waals surface area contributed by atoms with Crippen LogP contribution in [0.3, 0.4) is 0 Å². The lowest BCUT2D eigenvalue weighted by molar-refractivity contribution is -0.696. The molecule has 0 atom stereocenters. The van der Waals surface area contributed by atoms with Gasteiger partial charge in [-0.2, -0.15) is 17.6 Å². The molecule has 3 aromatic heterocycles. The lowest BCUT2D eigenvalue weighted by Gasteiger charge is -2.36. The van der Waals surface area contributed by atoms with Gasteiger partial charge in [0, 0.05) is 74.7 Å². The number of phenolic OH excluding ortho intramolecular Hbond substituents is 1. The van der Waals surface area contributed by atoms with Gasteiger partial charge in [0.05, 0.1) is 10.1 Å². The van der Waals surface area contributed by atoms with Crippen molar-refractivity contribution in [3.05, 3.63) is 81.8 Å². The summed E-state index contributed by atoms with van der Waals surface area (Å²) in [6.07, 6.45) is 3.49. The number of alkyl halides is 4. The third-order valence-corrected chi connectivity index (χ3v) is 10.8. The number of benzene rings is 1. The molecule has 4 aromatic rings. The highest BCUT2D eigenvalue weighted by molar-refractivity contribution is 7.85. The van der Waals surface area contributed by atoms with Crippen LogP contribution < -0.4 is 4.57 Å². The van der Waals surface area contributed by atoms with E-state index < -0.39 is 44.6 Å². The molecule has 1 aliphatic rings.